The Hall–Kier alpha value is -1.61. The van der Waals surface area contributed by atoms with E-state index < -0.39 is 0 Å². The number of benzene rings is 1. The van der Waals surface area contributed by atoms with E-state index in [1.165, 1.54) is 29.7 Å². The van der Waals surface area contributed by atoms with Crippen molar-refractivity contribution in [1.29, 1.82) is 0 Å². The molecular weight excluding hydrogens is 258 g/mol. The number of piperidine rings is 1. The Bertz CT molecular complexity index is 594. The summed E-state index contributed by atoms with van der Waals surface area (Å²) in [5.74, 6) is 0. The van der Waals surface area contributed by atoms with Gasteiger partial charge in [0.15, 0.2) is 0 Å². The Kier molecular flexibility index (Phi) is 4.11. The van der Waals surface area contributed by atoms with Crippen LogP contribution in [0.1, 0.15) is 36.6 Å². The third kappa shape index (κ3) is 3.03. The number of nitrogens with zero attached hydrogens (tertiary/aromatic N) is 2. The zero-order chi connectivity index (χ0) is 14.7. The van der Waals surface area contributed by atoms with Gasteiger partial charge in [-0.15, -0.1) is 0 Å². The Labute approximate surface area is 127 Å². The molecule has 3 rings (SSSR count). The van der Waals surface area contributed by atoms with E-state index in [1.807, 2.05) is 6.33 Å². The molecule has 0 radical (unpaired) electrons. The number of aryl methyl sites for hydroxylation is 3. The average molecular weight is 283 g/mol. The predicted octanol–water partition coefficient (Wildman–Crippen LogP) is 3.08. The highest BCUT2D eigenvalue weighted by Gasteiger charge is 2.31. The van der Waals surface area contributed by atoms with Crippen LogP contribution in [0, 0.1) is 6.92 Å². The van der Waals surface area contributed by atoms with Crippen LogP contribution in [0.25, 0.3) is 0 Å². The van der Waals surface area contributed by atoms with Gasteiger partial charge in [0.05, 0.1) is 6.33 Å². The normalized spacial score (nSPS) is 17.8. The standard InChI is InChI=1S/C18H25N3/c1-15-5-3-4-6-16(15)7-12-21-14-20-13-17(21)18(2)8-10-19-11-9-18/h3-6,13-14,19H,7-12H2,1-2H3. The van der Waals surface area contributed by atoms with Crippen molar-refractivity contribution in [2.45, 2.75) is 45.1 Å². The molecule has 1 N–H and O–H groups in total. The van der Waals surface area contributed by atoms with Crippen LogP contribution < -0.4 is 5.32 Å². The lowest BCUT2D eigenvalue weighted by atomic mass is 9.78. The van der Waals surface area contributed by atoms with Gasteiger partial charge in [-0.25, -0.2) is 4.98 Å². The molecule has 0 spiro atoms. The van der Waals surface area contributed by atoms with Gasteiger partial charge in [0.1, 0.15) is 0 Å². The van der Waals surface area contributed by atoms with E-state index in [1.54, 1.807) is 0 Å². The van der Waals surface area contributed by atoms with Crippen molar-refractivity contribution in [1.82, 2.24) is 14.9 Å². The van der Waals surface area contributed by atoms with Crippen LogP contribution in [-0.2, 0) is 18.4 Å². The second-order valence-corrected chi connectivity index (χ2v) is 6.46. The van der Waals surface area contributed by atoms with Crippen LogP contribution in [-0.4, -0.2) is 22.6 Å². The van der Waals surface area contributed by atoms with E-state index >= 15 is 0 Å². The summed E-state index contributed by atoms with van der Waals surface area (Å²) in [6.07, 6.45) is 7.54. The lowest BCUT2D eigenvalue weighted by Gasteiger charge is -2.34. The minimum Gasteiger partial charge on any atom is -0.334 e. The molecule has 1 saturated heterocycles. The largest absolute Gasteiger partial charge is 0.334 e. The van der Waals surface area contributed by atoms with Gasteiger partial charge in [-0.2, -0.15) is 0 Å². The molecule has 2 aromatic rings. The Morgan fingerprint density at radius 2 is 2.00 bits per heavy atom. The zero-order valence-corrected chi connectivity index (χ0v) is 13.1. The van der Waals surface area contributed by atoms with Gasteiger partial charge in [-0.1, -0.05) is 31.2 Å². The van der Waals surface area contributed by atoms with E-state index in [9.17, 15) is 0 Å². The van der Waals surface area contributed by atoms with Gasteiger partial charge in [-0.05, 0) is 50.4 Å². The summed E-state index contributed by atoms with van der Waals surface area (Å²) < 4.78 is 2.36. The van der Waals surface area contributed by atoms with Crippen molar-refractivity contribution in [2.24, 2.45) is 0 Å². The van der Waals surface area contributed by atoms with E-state index in [2.05, 4.69) is 59.2 Å². The minimum atomic E-state index is 0.271. The fourth-order valence-corrected chi connectivity index (χ4v) is 3.37. The minimum absolute atomic E-state index is 0.271. The maximum atomic E-state index is 4.42. The lowest BCUT2D eigenvalue weighted by Crippen LogP contribution is -2.39. The van der Waals surface area contributed by atoms with Gasteiger partial charge in [0.2, 0.25) is 0 Å². The average Bonchev–Trinajstić information content (AvgIpc) is 2.96. The number of aromatic nitrogens is 2. The summed E-state index contributed by atoms with van der Waals surface area (Å²) in [4.78, 5) is 4.42. The molecule has 0 aliphatic carbocycles. The van der Waals surface area contributed by atoms with Crippen LogP contribution in [0.5, 0.6) is 0 Å². The zero-order valence-electron chi connectivity index (χ0n) is 13.1. The van der Waals surface area contributed by atoms with Crippen LogP contribution >= 0.6 is 0 Å². The SMILES string of the molecule is Cc1ccccc1CCn1cncc1C1(C)CCNCC1. The number of rotatable bonds is 4. The van der Waals surface area contributed by atoms with Gasteiger partial charge in [-0.3, -0.25) is 0 Å². The van der Waals surface area contributed by atoms with Gasteiger partial charge < -0.3 is 9.88 Å². The van der Waals surface area contributed by atoms with Crippen molar-refractivity contribution in [3.8, 4) is 0 Å². The van der Waals surface area contributed by atoms with Crippen molar-refractivity contribution >= 4 is 0 Å². The Morgan fingerprint density at radius 1 is 1.24 bits per heavy atom. The molecule has 2 heterocycles. The Balaban J connectivity index is 1.75. The summed E-state index contributed by atoms with van der Waals surface area (Å²) in [6.45, 7) is 7.82. The molecule has 0 atom stereocenters. The summed E-state index contributed by atoms with van der Waals surface area (Å²) in [5.41, 5.74) is 4.49. The van der Waals surface area contributed by atoms with E-state index in [4.69, 9.17) is 0 Å². The fraction of sp³-hybridized carbons (Fsp3) is 0.500. The first-order valence-corrected chi connectivity index (χ1v) is 7.95. The first-order chi connectivity index (χ1) is 10.2. The van der Waals surface area contributed by atoms with Crippen LogP contribution in [0.2, 0.25) is 0 Å². The molecule has 3 nitrogen and oxygen atoms in total. The van der Waals surface area contributed by atoms with Crippen molar-refractivity contribution < 1.29 is 0 Å². The highest BCUT2D eigenvalue weighted by atomic mass is 15.1. The maximum Gasteiger partial charge on any atom is 0.0948 e. The topological polar surface area (TPSA) is 29.9 Å². The molecule has 1 aliphatic rings. The molecule has 112 valence electrons. The molecular formula is C18H25N3. The molecule has 3 heteroatoms. The van der Waals surface area contributed by atoms with E-state index in [0.29, 0.717) is 0 Å². The molecule has 0 unspecified atom stereocenters. The Morgan fingerprint density at radius 3 is 2.76 bits per heavy atom. The first kappa shape index (κ1) is 14.3. The summed E-state index contributed by atoms with van der Waals surface area (Å²) in [5, 5.41) is 3.46. The first-order valence-electron chi connectivity index (χ1n) is 7.95. The highest BCUT2D eigenvalue weighted by Crippen LogP contribution is 2.32. The van der Waals surface area contributed by atoms with Crippen LogP contribution in [0.15, 0.2) is 36.8 Å². The molecule has 1 aromatic heterocycles. The van der Waals surface area contributed by atoms with Crippen molar-refractivity contribution in [3.05, 3.63) is 53.6 Å². The molecule has 1 aliphatic heterocycles. The van der Waals surface area contributed by atoms with Crippen molar-refractivity contribution in [2.75, 3.05) is 13.1 Å². The lowest BCUT2D eigenvalue weighted by molar-refractivity contribution is 0.316. The summed E-state index contributed by atoms with van der Waals surface area (Å²) in [7, 11) is 0. The monoisotopic (exact) mass is 283 g/mol. The second kappa shape index (κ2) is 6.02. The van der Waals surface area contributed by atoms with E-state index in [-0.39, 0.29) is 5.41 Å². The highest BCUT2D eigenvalue weighted by molar-refractivity contribution is 5.26. The van der Waals surface area contributed by atoms with Crippen LogP contribution in [0.3, 0.4) is 0 Å². The molecule has 0 bridgehead atoms. The quantitative estimate of drug-likeness (QED) is 0.934. The predicted molar refractivity (Wildman–Crippen MR) is 86.6 cm³/mol. The molecule has 21 heavy (non-hydrogen) atoms. The molecule has 1 aromatic carbocycles. The molecule has 0 amide bonds. The van der Waals surface area contributed by atoms with E-state index in [0.717, 1.165) is 26.1 Å². The van der Waals surface area contributed by atoms with Gasteiger partial charge >= 0.3 is 0 Å². The summed E-state index contributed by atoms with van der Waals surface area (Å²) >= 11 is 0. The molecule has 0 saturated carbocycles. The number of imidazole rings is 1. The number of hydrogen-bond acceptors (Lipinski definition) is 2. The smallest absolute Gasteiger partial charge is 0.0948 e. The maximum absolute atomic E-state index is 4.42. The van der Waals surface area contributed by atoms with Crippen LogP contribution in [0.4, 0.5) is 0 Å². The number of nitrogens with one attached hydrogen (secondary N) is 1. The second-order valence-electron chi connectivity index (χ2n) is 6.46. The third-order valence-corrected chi connectivity index (χ3v) is 4.92. The van der Waals surface area contributed by atoms with Gasteiger partial charge in [0, 0.05) is 23.9 Å². The van der Waals surface area contributed by atoms with Gasteiger partial charge in [0.25, 0.3) is 0 Å². The third-order valence-electron chi connectivity index (χ3n) is 4.92. The number of hydrogen-bond donors (Lipinski definition) is 1. The summed E-state index contributed by atoms with van der Waals surface area (Å²) in [6, 6.07) is 8.67. The van der Waals surface area contributed by atoms with Crippen molar-refractivity contribution in [3.63, 3.8) is 0 Å². The molecule has 1 fully saturated rings. The fourth-order valence-electron chi connectivity index (χ4n) is 3.37.